The highest BCUT2D eigenvalue weighted by atomic mass is 35.5. The normalized spacial score (nSPS) is 12.6. The van der Waals surface area contributed by atoms with Gasteiger partial charge in [-0.25, -0.2) is 27.3 Å². The molecule has 1 amide bonds. The van der Waals surface area contributed by atoms with Crippen LogP contribution in [0.3, 0.4) is 0 Å². The Labute approximate surface area is 178 Å². The van der Waals surface area contributed by atoms with Crippen molar-refractivity contribution in [3.05, 3.63) is 62.6 Å². The third-order valence-corrected chi connectivity index (χ3v) is 4.90. The summed E-state index contributed by atoms with van der Waals surface area (Å²) in [5.74, 6) is -11.3. The van der Waals surface area contributed by atoms with Crippen LogP contribution in [0.1, 0.15) is 24.3 Å². The molecule has 0 aliphatic heterocycles. The Balaban J connectivity index is 2.05. The molecule has 156 valence electrons. The number of carboxylic acids is 1. The first-order chi connectivity index (χ1) is 15.3. The van der Waals surface area contributed by atoms with Crippen molar-refractivity contribution in [3.63, 3.8) is 0 Å². The van der Waals surface area contributed by atoms with E-state index in [1.807, 2.05) is 0 Å². The van der Waals surface area contributed by atoms with Crippen LogP contribution in [0.5, 0.6) is 5.75 Å². The van der Waals surface area contributed by atoms with Crippen LogP contribution in [0.2, 0.25) is 4.47 Å². The molecular formula is C18H9ClF4N2O4S. The van der Waals surface area contributed by atoms with Gasteiger partial charge in [-0.1, -0.05) is 35.1 Å². The lowest BCUT2D eigenvalue weighted by Crippen LogP contribution is -2.19. The van der Waals surface area contributed by atoms with Gasteiger partial charge in [0.05, 0.1) is 16.7 Å². The highest BCUT2D eigenvalue weighted by Crippen LogP contribution is 2.36. The molecule has 2 aromatic carbocycles. The quantitative estimate of drug-likeness (QED) is 0.411. The zero-order chi connectivity index (χ0) is 24.7. The minimum absolute atomic E-state index is 0.355. The average Bonchev–Trinajstić information content (AvgIpc) is 3.11. The van der Waals surface area contributed by atoms with E-state index in [1.54, 1.807) is 5.32 Å². The number of nitrogens with one attached hydrogen (secondary N) is 1. The molecular weight excluding hydrogens is 452 g/mol. The van der Waals surface area contributed by atoms with Crippen molar-refractivity contribution in [2.24, 2.45) is 0 Å². The molecule has 3 rings (SSSR count). The Morgan fingerprint density at radius 2 is 1.87 bits per heavy atom. The SMILES string of the molecule is [2H]C([2H])([2H])Oc1cccc(-c2c(F)c(F)c(NC(=O)c3nc(Cl)sc3C(=O)O)c(F)c2F)c1. The Morgan fingerprint density at radius 3 is 2.47 bits per heavy atom. The summed E-state index contributed by atoms with van der Waals surface area (Å²) in [5, 5.41) is 10.6. The number of halogens is 5. The van der Waals surface area contributed by atoms with Crippen LogP contribution >= 0.6 is 22.9 Å². The summed E-state index contributed by atoms with van der Waals surface area (Å²) in [4.78, 5) is 26.2. The Hall–Kier alpha value is -3.18. The summed E-state index contributed by atoms with van der Waals surface area (Å²) in [6.45, 7) is 0. The number of thiazole rings is 1. The molecule has 0 aliphatic carbocycles. The van der Waals surface area contributed by atoms with Crippen LogP contribution in [-0.4, -0.2) is 29.0 Å². The van der Waals surface area contributed by atoms with Gasteiger partial charge in [0.2, 0.25) is 0 Å². The van der Waals surface area contributed by atoms with E-state index in [9.17, 15) is 27.2 Å². The molecule has 2 N–H and O–H groups in total. The fourth-order valence-corrected chi connectivity index (χ4v) is 3.42. The van der Waals surface area contributed by atoms with Gasteiger partial charge in [-0.3, -0.25) is 4.79 Å². The van der Waals surface area contributed by atoms with Crippen LogP contribution in [0.25, 0.3) is 11.1 Å². The molecule has 0 saturated heterocycles. The maximum absolute atomic E-state index is 14.7. The van der Waals surface area contributed by atoms with Crippen molar-refractivity contribution < 1.29 is 41.1 Å². The second-order valence-corrected chi connectivity index (χ2v) is 7.12. The van der Waals surface area contributed by atoms with Crippen molar-refractivity contribution in [2.45, 2.75) is 0 Å². The predicted octanol–water partition coefficient (Wildman–Crippen LogP) is 4.98. The third-order valence-electron chi connectivity index (χ3n) is 3.75. The van der Waals surface area contributed by atoms with Gasteiger partial charge in [0.15, 0.2) is 33.4 Å². The fraction of sp³-hybridized carbons (Fsp3) is 0.0556. The standard InChI is InChI=1S/C18H9ClF4N2O4S/c1-29-7-4-2-3-6(5-7)8-9(20)11(22)13(12(23)10(8)21)24-16(26)14-15(17(27)28)30-18(19)25-14/h2-5H,1H3,(H,24,26)(H,27,28)/i1D3. The van der Waals surface area contributed by atoms with Gasteiger partial charge >= 0.3 is 5.97 Å². The molecule has 0 saturated carbocycles. The molecule has 0 bridgehead atoms. The monoisotopic (exact) mass is 463 g/mol. The van der Waals surface area contributed by atoms with Crippen LogP contribution in [0.15, 0.2) is 24.3 Å². The highest BCUT2D eigenvalue weighted by Gasteiger charge is 2.30. The molecule has 3 aromatic rings. The van der Waals surface area contributed by atoms with Crippen LogP contribution in [0.4, 0.5) is 23.2 Å². The number of rotatable bonds is 5. The fourth-order valence-electron chi connectivity index (χ4n) is 2.48. The zero-order valence-electron chi connectivity index (χ0n) is 17.2. The number of hydrogen-bond donors (Lipinski definition) is 2. The lowest BCUT2D eigenvalue weighted by atomic mass is 10.0. The Bertz CT molecular complexity index is 1260. The number of carbonyl (C=O) groups is 2. The molecule has 6 nitrogen and oxygen atoms in total. The predicted molar refractivity (Wildman–Crippen MR) is 100 cm³/mol. The van der Waals surface area contributed by atoms with E-state index < -0.39 is 69.6 Å². The second kappa shape index (κ2) is 8.28. The van der Waals surface area contributed by atoms with Crippen LogP contribution in [-0.2, 0) is 0 Å². The number of carbonyl (C=O) groups excluding carboxylic acids is 1. The second-order valence-electron chi connectivity index (χ2n) is 5.54. The lowest BCUT2D eigenvalue weighted by molar-refractivity contribution is 0.0697. The van der Waals surface area contributed by atoms with E-state index in [2.05, 4.69) is 9.72 Å². The highest BCUT2D eigenvalue weighted by molar-refractivity contribution is 7.17. The molecule has 12 heteroatoms. The first-order valence-corrected chi connectivity index (χ1v) is 8.86. The summed E-state index contributed by atoms with van der Waals surface area (Å²) in [6.07, 6.45) is 0. The maximum Gasteiger partial charge on any atom is 0.348 e. The van der Waals surface area contributed by atoms with Gasteiger partial charge in [-0.2, -0.15) is 0 Å². The minimum atomic E-state index is -2.90. The molecule has 0 unspecified atom stereocenters. The number of nitrogens with zero attached hydrogens (tertiary/aromatic N) is 1. The van der Waals surface area contributed by atoms with Crippen LogP contribution in [0, 0.1) is 23.3 Å². The average molecular weight is 464 g/mol. The van der Waals surface area contributed by atoms with E-state index >= 15 is 0 Å². The number of methoxy groups -OCH3 is 1. The largest absolute Gasteiger partial charge is 0.497 e. The van der Waals surface area contributed by atoms with E-state index in [4.69, 9.17) is 20.8 Å². The van der Waals surface area contributed by atoms with Gasteiger partial charge in [-0.15, -0.1) is 0 Å². The summed E-state index contributed by atoms with van der Waals surface area (Å²) in [6, 6.07) is 4.18. The van der Waals surface area contributed by atoms with E-state index in [0.717, 1.165) is 24.3 Å². The number of anilines is 1. The van der Waals surface area contributed by atoms with E-state index in [-0.39, 0.29) is 10.2 Å². The van der Waals surface area contributed by atoms with Crippen molar-refractivity contribution in [2.75, 3.05) is 12.4 Å². The number of carboxylic acid groups (broad SMARTS) is 1. The molecule has 0 radical (unpaired) electrons. The van der Waals surface area contributed by atoms with Crippen molar-refractivity contribution >= 4 is 40.5 Å². The van der Waals surface area contributed by atoms with Crippen molar-refractivity contribution in [3.8, 4) is 16.9 Å². The number of ether oxygens (including phenoxy) is 1. The first kappa shape index (κ1) is 17.7. The van der Waals surface area contributed by atoms with Gasteiger partial charge in [0.1, 0.15) is 16.3 Å². The topological polar surface area (TPSA) is 88.5 Å². The maximum atomic E-state index is 14.7. The number of aromatic nitrogens is 1. The van der Waals surface area contributed by atoms with Gasteiger partial charge in [0, 0.05) is 0 Å². The summed E-state index contributed by atoms with van der Waals surface area (Å²) in [7, 11) is -2.90. The van der Waals surface area contributed by atoms with Gasteiger partial charge < -0.3 is 15.2 Å². The molecule has 0 aliphatic rings. The Kier molecular flexibility index (Phi) is 4.88. The van der Waals surface area contributed by atoms with Gasteiger partial charge in [0.25, 0.3) is 5.91 Å². The van der Waals surface area contributed by atoms with Crippen molar-refractivity contribution in [1.82, 2.24) is 4.98 Å². The first-order valence-electron chi connectivity index (χ1n) is 9.16. The molecule has 1 heterocycles. The molecule has 0 spiro atoms. The summed E-state index contributed by atoms with van der Waals surface area (Å²) < 4.78 is 84.1. The van der Waals surface area contributed by atoms with E-state index in [1.165, 1.54) is 0 Å². The minimum Gasteiger partial charge on any atom is -0.497 e. The zero-order valence-corrected chi connectivity index (χ0v) is 15.8. The smallest absolute Gasteiger partial charge is 0.348 e. The van der Waals surface area contributed by atoms with Crippen molar-refractivity contribution in [1.29, 1.82) is 0 Å². The lowest BCUT2D eigenvalue weighted by Gasteiger charge is -2.13. The third kappa shape index (κ3) is 3.81. The summed E-state index contributed by atoms with van der Waals surface area (Å²) in [5.41, 5.74) is -4.01. The molecule has 1 aromatic heterocycles. The summed E-state index contributed by atoms with van der Waals surface area (Å²) >= 11 is 5.95. The number of aromatic carboxylic acids is 1. The molecule has 30 heavy (non-hydrogen) atoms. The van der Waals surface area contributed by atoms with Gasteiger partial charge in [-0.05, 0) is 17.7 Å². The number of hydrogen-bond acceptors (Lipinski definition) is 5. The molecule has 0 fully saturated rings. The molecule has 0 atom stereocenters. The van der Waals surface area contributed by atoms with E-state index in [0.29, 0.717) is 11.3 Å². The number of benzene rings is 2. The Morgan fingerprint density at radius 1 is 1.20 bits per heavy atom. The van der Waals surface area contributed by atoms with Crippen LogP contribution < -0.4 is 10.1 Å². The number of amides is 1.